The summed E-state index contributed by atoms with van der Waals surface area (Å²) in [5.74, 6) is -1.43. The van der Waals surface area contributed by atoms with Crippen LogP contribution in [0, 0.1) is 0 Å². The van der Waals surface area contributed by atoms with Crippen LogP contribution in [0.5, 0.6) is 5.75 Å². The van der Waals surface area contributed by atoms with Crippen LogP contribution in [0.2, 0.25) is 5.15 Å². The first-order chi connectivity index (χ1) is 12.0. The van der Waals surface area contributed by atoms with Gasteiger partial charge in [0.1, 0.15) is 16.8 Å². The smallest absolute Gasteiger partial charge is 0.267 e. The van der Waals surface area contributed by atoms with Gasteiger partial charge >= 0.3 is 0 Å². The lowest BCUT2D eigenvalue weighted by atomic mass is 10.1. The molecule has 9 nitrogen and oxygen atoms in total. The number of nitrogens with one attached hydrogen (secondary N) is 3. The lowest BCUT2D eigenvalue weighted by molar-refractivity contribution is 0.102. The maximum atomic E-state index is 12.4. The predicted molar refractivity (Wildman–Crippen MR) is 90.9 cm³/mol. The molecule has 10 heteroatoms. The Labute approximate surface area is 143 Å². The van der Waals surface area contributed by atoms with Crippen LogP contribution < -0.4 is 10.9 Å². The zero-order valence-corrected chi connectivity index (χ0v) is 13.1. The van der Waals surface area contributed by atoms with Crippen molar-refractivity contribution in [2.75, 3.05) is 5.32 Å². The molecule has 3 heterocycles. The SMILES string of the molecule is O=C(Nc1nc(Cl)c2[nH]cnc2n1)c1c(O)c2ccccc2[nH]c1=O. The van der Waals surface area contributed by atoms with Gasteiger partial charge in [0.25, 0.3) is 11.5 Å². The molecule has 0 atom stereocenters. The summed E-state index contributed by atoms with van der Waals surface area (Å²) < 4.78 is 0. The van der Waals surface area contributed by atoms with Crippen LogP contribution in [0.25, 0.3) is 22.1 Å². The van der Waals surface area contributed by atoms with Crippen molar-refractivity contribution in [3.63, 3.8) is 0 Å². The maximum Gasteiger partial charge on any atom is 0.267 e. The maximum absolute atomic E-state index is 12.4. The minimum Gasteiger partial charge on any atom is -0.506 e. The fourth-order valence-corrected chi connectivity index (χ4v) is 2.67. The first kappa shape index (κ1) is 15.1. The van der Waals surface area contributed by atoms with E-state index in [9.17, 15) is 14.7 Å². The molecule has 0 bridgehead atoms. The number of halogens is 1. The molecule has 0 aliphatic heterocycles. The van der Waals surface area contributed by atoms with Gasteiger partial charge < -0.3 is 15.1 Å². The van der Waals surface area contributed by atoms with Crippen molar-refractivity contribution in [3.8, 4) is 5.75 Å². The van der Waals surface area contributed by atoms with E-state index < -0.39 is 22.8 Å². The highest BCUT2D eigenvalue weighted by atomic mass is 35.5. The van der Waals surface area contributed by atoms with Crippen molar-refractivity contribution in [2.24, 2.45) is 0 Å². The van der Waals surface area contributed by atoms with E-state index in [0.29, 0.717) is 16.4 Å². The van der Waals surface area contributed by atoms with Crippen molar-refractivity contribution < 1.29 is 9.90 Å². The number of amides is 1. The van der Waals surface area contributed by atoms with Gasteiger partial charge in [-0.15, -0.1) is 0 Å². The zero-order valence-electron chi connectivity index (χ0n) is 12.4. The molecule has 0 saturated heterocycles. The van der Waals surface area contributed by atoms with Crippen molar-refractivity contribution in [3.05, 3.63) is 51.7 Å². The summed E-state index contributed by atoms with van der Waals surface area (Å²) in [6.45, 7) is 0. The number of rotatable bonds is 2. The highest BCUT2D eigenvalue weighted by Crippen LogP contribution is 2.25. The lowest BCUT2D eigenvalue weighted by Gasteiger charge is -2.07. The summed E-state index contributed by atoms with van der Waals surface area (Å²) >= 11 is 5.98. The molecular formula is C15H9ClN6O3. The molecule has 0 spiro atoms. The number of benzene rings is 1. The van der Waals surface area contributed by atoms with E-state index in [0.717, 1.165) is 0 Å². The molecule has 4 aromatic rings. The van der Waals surface area contributed by atoms with Crippen LogP contribution in [0.1, 0.15) is 10.4 Å². The van der Waals surface area contributed by atoms with E-state index >= 15 is 0 Å². The third kappa shape index (κ3) is 2.46. The fourth-order valence-electron chi connectivity index (χ4n) is 2.45. The standard InChI is InChI=1S/C15H9ClN6O3/c16-11-9-12(18-5-17-9)21-15(20-11)22-14(25)8-10(23)6-3-1-2-4-7(6)19-13(8)24/h1-5H,(H2,19,23,24)(H2,17,18,20,21,22,25). The number of aromatic nitrogens is 5. The number of pyridine rings is 1. The minimum absolute atomic E-state index is 0.0643. The Morgan fingerprint density at radius 2 is 2.04 bits per heavy atom. The minimum atomic E-state index is -0.865. The zero-order chi connectivity index (χ0) is 17.6. The Balaban J connectivity index is 1.78. The molecule has 1 amide bonds. The average Bonchev–Trinajstić information content (AvgIpc) is 3.04. The molecule has 0 aliphatic rings. The van der Waals surface area contributed by atoms with Crippen LogP contribution in [0.15, 0.2) is 35.4 Å². The fraction of sp³-hybridized carbons (Fsp3) is 0. The summed E-state index contributed by atoms with van der Waals surface area (Å²) in [7, 11) is 0. The van der Waals surface area contributed by atoms with E-state index in [4.69, 9.17) is 11.6 Å². The second-order valence-corrected chi connectivity index (χ2v) is 5.47. The Bertz CT molecular complexity index is 1200. The summed E-state index contributed by atoms with van der Waals surface area (Å²) in [6, 6.07) is 6.58. The third-order valence-corrected chi connectivity index (χ3v) is 3.86. The van der Waals surface area contributed by atoms with Gasteiger partial charge in [0.05, 0.1) is 11.8 Å². The number of fused-ring (bicyclic) bond motifs is 2. The monoisotopic (exact) mass is 356 g/mol. The van der Waals surface area contributed by atoms with Crippen LogP contribution >= 0.6 is 11.6 Å². The molecule has 0 fully saturated rings. The molecule has 0 radical (unpaired) electrons. The number of nitrogens with zero attached hydrogens (tertiary/aromatic N) is 3. The Morgan fingerprint density at radius 3 is 2.88 bits per heavy atom. The number of para-hydroxylation sites is 1. The quantitative estimate of drug-likeness (QED) is 0.404. The number of carbonyl (C=O) groups is 1. The van der Waals surface area contributed by atoms with Crippen molar-refractivity contribution in [1.82, 2.24) is 24.9 Å². The molecule has 4 N–H and O–H groups in total. The molecule has 0 saturated carbocycles. The van der Waals surface area contributed by atoms with Gasteiger partial charge in [-0.2, -0.15) is 9.97 Å². The normalized spacial score (nSPS) is 11.1. The number of hydrogen-bond donors (Lipinski definition) is 4. The number of anilines is 1. The second kappa shape index (κ2) is 5.56. The number of carbonyl (C=O) groups excluding carboxylic acids is 1. The molecular weight excluding hydrogens is 348 g/mol. The molecule has 4 rings (SSSR count). The number of H-pyrrole nitrogens is 2. The third-order valence-electron chi connectivity index (χ3n) is 3.59. The highest BCUT2D eigenvalue weighted by Gasteiger charge is 2.20. The van der Waals surface area contributed by atoms with Crippen molar-refractivity contribution in [1.29, 1.82) is 0 Å². The van der Waals surface area contributed by atoms with Gasteiger partial charge in [-0.25, -0.2) is 4.98 Å². The first-order valence-electron chi connectivity index (χ1n) is 7.06. The van der Waals surface area contributed by atoms with E-state index in [1.807, 2.05) is 0 Å². The lowest BCUT2D eigenvalue weighted by Crippen LogP contribution is -2.24. The Hall–Kier alpha value is -3.46. The van der Waals surface area contributed by atoms with Crippen molar-refractivity contribution in [2.45, 2.75) is 0 Å². The van der Waals surface area contributed by atoms with Gasteiger partial charge in [-0.3, -0.25) is 14.9 Å². The molecule has 1 aromatic carbocycles. The summed E-state index contributed by atoms with van der Waals surface area (Å²) in [5, 5.41) is 13.1. The Kier molecular flexibility index (Phi) is 3.36. The van der Waals surface area contributed by atoms with Crippen LogP contribution in [-0.2, 0) is 0 Å². The average molecular weight is 357 g/mol. The van der Waals surface area contributed by atoms with Gasteiger partial charge in [0.15, 0.2) is 10.8 Å². The van der Waals surface area contributed by atoms with Gasteiger partial charge in [0, 0.05) is 5.39 Å². The van der Waals surface area contributed by atoms with Crippen molar-refractivity contribution >= 4 is 45.5 Å². The van der Waals surface area contributed by atoms with Gasteiger partial charge in [0.2, 0.25) is 5.95 Å². The van der Waals surface area contributed by atoms with E-state index in [1.54, 1.807) is 24.3 Å². The summed E-state index contributed by atoms with van der Waals surface area (Å²) in [4.78, 5) is 41.8. The first-order valence-corrected chi connectivity index (χ1v) is 7.44. The Morgan fingerprint density at radius 1 is 1.24 bits per heavy atom. The number of hydrogen-bond acceptors (Lipinski definition) is 6. The molecule has 0 aliphatic carbocycles. The van der Waals surface area contributed by atoms with Crippen LogP contribution in [-0.4, -0.2) is 35.9 Å². The largest absolute Gasteiger partial charge is 0.506 e. The number of imidazole rings is 1. The van der Waals surface area contributed by atoms with E-state index in [1.165, 1.54) is 6.33 Å². The van der Waals surface area contributed by atoms with E-state index in [2.05, 4.69) is 30.2 Å². The second-order valence-electron chi connectivity index (χ2n) is 5.12. The predicted octanol–water partition coefficient (Wildman–Crippen LogP) is 1.81. The molecule has 0 unspecified atom stereocenters. The summed E-state index contributed by atoms with van der Waals surface area (Å²) in [6.07, 6.45) is 1.39. The summed E-state index contributed by atoms with van der Waals surface area (Å²) in [5.41, 5.74) is -0.0852. The van der Waals surface area contributed by atoms with Crippen LogP contribution in [0.4, 0.5) is 5.95 Å². The topological polar surface area (TPSA) is 137 Å². The number of aromatic hydroxyl groups is 1. The molecule has 3 aromatic heterocycles. The van der Waals surface area contributed by atoms with Gasteiger partial charge in [-0.05, 0) is 12.1 Å². The van der Waals surface area contributed by atoms with Crippen LogP contribution in [0.3, 0.4) is 0 Å². The molecule has 124 valence electrons. The number of aromatic amines is 2. The van der Waals surface area contributed by atoms with Gasteiger partial charge in [-0.1, -0.05) is 23.7 Å². The molecule has 25 heavy (non-hydrogen) atoms. The highest BCUT2D eigenvalue weighted by molar-refractivity contribution is 6.33. The van der Waals surface area contributed by atoms with E-state index in [-0.39, 0.29) is 16.7 Å².